The van der Waals surface area contributed by atoms with Crippen molar-refractivity contribution in [1.82, 2.24) is 5.16 Å². The Morgan fingerprint density at radius 1 is 1.64 bits per heavy atom. The number of aryl methyl sites for hydroxylation is 1. The molecule has 0 N–H and O–H groups in total. The molecule has 0 saturated carbocycles. The Morgan fingerprint density at radius 2 is 2.18 bits per heavy atom. The molecule has 1 rings (SSSR count). The number of aromatic nitrogens is 2. The summed E-state index contributed by atoms with van der Waals surface area (Å²) >= 11 is 0. The van der Waals surface area contributed by atoms with Gasteiger partial charge in [0, 0.05) is 18.3 Å². The van der Waals surface area contributed by atoms with Crippen LogP contribution in [-0.2, 0) is 9.84 Å². The number of hydrogen-bond donors (Lipinski definition) is 0. The van der Waals surface area contributed by atoms with Crippen molar-refractivity contribution in [3.63, 3.8) is 0 Å². The van der Waals surface area contributed by atoms with E-state index in [0.29, 0.717) is 0 Å². The molecule has 0 aromatic carbocycles. The predicted octanol–water partition coefficient (Wildman–Crippen LogP) is -0.980. The van der Waals surface area contributed by atoms with Gasteiger partial charge in [-0.3, -0.25) is 4.63 Å². The zero-order valence-electron chi connectivity index (χ0n) is 5.94. The van der Waals surface area contributed by atoms with E-state index in [1.807, 2.05) is 0 Å². The zero-order valence-corrected chi connectivity index (χ0v) is 6.75. The predicted molar refractivity (Wildman–Crippen MR) is 33.3 cm³/mol. The van der Waals surface area contributed by atoms with Crippen molar-refractivity contribution in [2.24, 2.45) is 0 Å². The lowest BCUT2D eigenvalue weighted by atomic mass is 10.6. The summed E-state index contributed by atoms with van der Waals surface area (Å²) in [6.45, 7) is 1.38. The van der Waals surface area contributed by atoms with Gasteiger partial charge in [0.05, 0.1) is 0 Å². The summed E-state index contributed by atoms with van der Waals surface area (Å²) in [6.07, 6.45) is 0.918. The monoisotopic (exact) mass is 178 g/mol. The van der Waals surface area contributed by atoms with Crippen molar-refractivity contribution in [3.05, 3.63) is 10.9 Å². The van der Waals surface area contributed by atoms with E-state index in [-0.39, 0.29) is 10.6 Å². The minimum absolute atomic E-state index is 0.0718. The second-order valence-corrected chi connectivity index (χ2v) is 4.02. The first-order valence-electron chi connectivity index (χ1n) is 2.69. The van der Waals surface area contributed by atoms with Crippen LogP contribution in [0.5, 0.6) is 0 Å². The van der Waals surface area contributed by atoms with E-state index in [1.54, 1.807) is 0 Å². The Bertz CT molecular complexity index is 346. The van der Waals surface area contributed by atoms with Crippen molar-refractivity contribution >= 4 is 9.84 Å². The summed E-state index contributed by atoms with van der Waals surface area (Å²) in [7, 11) is -3.53. The molecule has 0 bridgehead atoms. The standard InChI is InChI=1S/C4H6N2O4S/c1-3-4(11(2,8)9)6(7)10-5-3/h1-2H3. The van der Waals surface area contributed by atoms with Crippen LogP contribution in [0.1, 0.15) is 5.69 Å². The van der Waals surface area contributed by atoms with Crippen molar-refractivity contribution in [2.45, 2.75) is 11.9 Å². The fraction of sp³-hybridized carbons (Fsp3) is 0.500. The molecule has 7 heteroatoms. The normalized spacial score (nSPS) is 11.8. The smallest absolute Gasteiger partial charge is 0.311 e. The van der Waals surface area contributed by atoms with Crippen LogP contribution in [0.3, 0.4) is 0 Å². The quantitative estimate of drug-likeness (QED) is 0.516. The fourth-order valence-electron chi connectivity index (χ4n) is 0.710. The zero-order chi connectivity index (χ0) is 8.65. The summed E-state index contributed by atoms with van der Waals surface area (Å²) < 4.78 is 25.7. The average Bonchev–Trinajstić information content (AvgIpc) is 2.08. The molecule has 0 atom stereocenters. The van der Waals surface area contributed by atoms with Crippen molar-refractivity contribution in [2.75, 3.05) is 6.26 Å². The Morgan fingerprint density at radius 3 is 2.36 bits per heavy atom. The first-order chi connectivity index (χ1) is 4.93. The minimum Gasteiger partial charge on any atom is -0.358 e. The van der Waals surface area contributed by atoms with Crippen LogP contribution in [0, 0.1) is 12.1 Å². The van der Waals surface area contributed by atoms with Crippen LogP contribution in [0.25, 0.3) is 0 Å². The topological polar surface area (TPSA) is 87.1 Å². The van der Waals surface area contributed by atoms with Gasteiger partial charge in [0.1, 0.15) is 0 Å². The molecule has 11 heavy (non-hydrogen) atoms. The van der Waals surface area contributed by atoms with Gasteiger partial charge < -0.3 is 5.21 Å². The molecule has 0 spiro atoms. The molecule has 1 heterocycles. The molecule has 1 aromatic rings. The Kier molecular flexibility index (Phi) is 1.59. The lowest BCUT2D eigenvalue weighted by molar-refractivity contribution is -0.832. The van der Waals surface area contributed by atoms with Crippen LogP contribution in [0.2, 0.25) is 0 Å². The van der Waals surface area contributed by atoms with Crippen molar-refractivity contribution < 1.29 is 17.9 Å². The molecule has 0 saturated heterocycles. The van der Waals surface area contributed by atoms with E-state index in [4.69, 9.17) is 0 Å². The molecule has 0 amide bonds. The largest absolute Gasteiger partial charge is 0.358 e. The van der Waals surface area contributed by atoms with Crippen LogP contribution < -0.4 is 4.90 Å². The van der Waals surface area contributed by atoms with Gasteiger partial charge in [0.15, 0.2) is 0 Å². The third-order valence-electron chi connectivity index (χ3n) is 1.08. The van der Waals surface area contributed by atoms with Gasteiger partial charge >= 0.3 is 5.03 Å². The van der Waals surface area contributed by atoms with E-state index in [0.717, 1.165) is 6.26 Å². The molecule has 0 aliphatic carbocycles. The van der Waals surface area contributed by atoms with Crippen LogP contribution in [0.4, 0.5) is 0 Å². The third kappa shape index (κ3) is 1.32. The maximum atomic E-state index is 10.8. The van der Waals surface area contributed by atoms with E-state index in [9.17, 15) is 13.6 Å². The lowest BCUT2D eigenvalue weighted by Crippen LogP contribution is -2.30. The van der Waals surface area contributed by atoms with Crippen LogP contribution in [-0.4, -0.2) is 19.8 Å². The summed E-state index contributed by atoms with van der Waals surface area (Å²) in [4.78, 5) is -0.120. The van der Waals surface area contributed by atoms with Gasteiger partial charge in [-0.05, 0) is 4.90 Å². The molecule has 0 fully saturated rings. The molecular formula is C4H6N2O4S. The number of hydrogen-bond acceptors (Lipinski definition) is 5. The van der Waals surface area contributed by atoms with Gasteiger partial charge in [-0.15, -0.1) is 0 Å². The second kappa shape index (κ2) is 2.19. The number of rotatable bonds is 1. The van der Waals surface area contributed by atoms with Crippen molar-refractivity contribution in [3.8, 4) is 0 Å². The van der Waals surface area contributed by atoms with E-state index in [1.165, 1.54) is 6.92 Å². The fourth-order valence-corrected chi connectivity index (χ4v) is 1.59. The molecular weight excluding hydrogens is 172 g/mol. The van der Waals surface area contributed by atoms with E-state index >= 15 is 0 Å². The highest BCUT2D eigenvalue weighted by Crippen LogP contribution is 2.05. The van der Waals surface area contributed by atoms with Gasteiger partial charge in [0.2, 0.25) is 15.5 Å². The molecule has 0 radical (unpaired) electrons. The SMILES string of the molecule is Cc1no[n+]([O-])c1S(C)(=O)=O. The average molecular weight is 178 g/mol. The maximum absolute atomic E-state index is 10.8. The van der Waals surface area contributed by atoms with E-state index < -0.39 is 14.9 Å². The third-order valence-corrected chi connectivity index (χ3v) is 2.23. The number of sulfone groups is 1. The first-order valence-corrected chi connectivity index (χ1v) is 4.58. The molecule has 0 aliphatic rings. The summed E-state index contributed by atoms with van der Waals surface area (Å²) in [5.74, 6) is 0. The summed E-state index contributed by atoms with van der Waals surface area (Å²) in [5, 5.41) is 13.3. The Balaban J connectivity index is 3.45. The lowest BCUT2D eigenvalue weighted by Gasteiger charge is -1.90. The van der Waals surface area contributed by atoms with Gasteiger partial charge in [-0.2, -0.15) is 0 Å². The minimum atomic E-state index is -3.53. The van der Waals surface area contributed by atoms with E-state index in [2.05, 4.69) is 9.79 Å². The van der Waals surface area contributed by atoms with Crippen LogP contribution >= 0.6 is 0 Å². The van der Waals surface area contributed by atoms with Crippen LogP contribution in [0.15, 0.2) is 9.65 Å². The van der Waals surface area contributed by atoms with Gasteiger partial charge in [-0.25, -0.2) is 8.42 Å². The Hall–Kier alpha value is -1.11. The Labute approximate surface area is 62.9 Å². The second-order valence-electron chi connectivity index (χ2n) is 2.09. The molecule has 0 unspecified atom stereocenters. The highest BCUT2D eigenvalue weighted by Gasteiger charge is 2.24. The highest BCUT2D eigenvalue weighted by molar-refractivity contribution is 7.90. The molecule has 6 nitrogen and oxygen atoms in total. The summed E-state index contributed by atoms with van der Waals surface area (Å²) in [5.41, 5.74) is 0.0718. The summed E-state index contributed by atoms with van der Waals surface area (Å²) in [6, 6.07) is 0. The molecule has 0 aliphatic heterocycles. The first kappa shape index (κ1) is 7.99. The van der Waals surface area contributed by atoms with Crippen molar-refractivity contribution in [1.29, 1.82) is 0 Å². The maximum Gasteiger partial charge on any atom is 0.311 e. The molecule has 62 valence electrons. The number of nitrogens with zero attached hydrogens (tertiary/aromatic N) is 2. The highest BCUT2D eigenvalue weighted by atomic mass is 32.2. The van der Waals surface area contributed by atoms with Gasteiger partial charge in [0.25, 0.3) is 0 Å². The van der Waals surface area contributed by atoms with Gasteiger partial charge in [-0.1, -0.05) is 0 Å². The molecule has 1 aromatic heterocycles.